The van der Waals surface area contributed by atoms with Crippen LogP contribution in [-0.4, -0.2) is 13.1 Å². The first-order valence-corrected chi connectivity index (χ1v) is 7.40. The molecule has 24 heavy (non-hydrogen) atoms. The van der Waals surface area contributed by atoms with Crippen molar-refractivity contribution in [1.29, 1.82) is 5.26 Å². The van der Waals surface area contributed by atoms with Crippen LogP contribution in [0, 0.1) is 17.1 Å². The maximum Gasteiger partial charge on any atom is 0.338 e. The fourth-order valence-electron chi connectivity index (χ4n) is 3.12. The summed E-state index contributed by atoms with van der Waals surface area (Å²) in [6.45, 7) is 0. The fourth-order valence-corrected chi connectivity index (χ4v) is 3.44. The second kappa shape index (κ2) is 5.66. The smallest absolute Gasteiger partial charge is 0.338 e. The van der Waals surface area contributed by atoms with E-state index in [9.17, 15) is 14.4 Å². The number of esters is 1. The number of nitrogens with zero attached hydrogens (tertiary/aromatic N) is 1. The molecule has 6 heteroatoms. The minimum absolute atomic E-state index is 0.0118. The van der Waals surface area contributed by atoms with Gasteiger partial charge >= 0.3 is 5.97 Å². The van der Waals surface area contributed by atoms with Crippen LogP contribution in [0.4, 0.5) is 4.39 Å². The van der Waals surface area contributed by atoms with Crippen LogP contribution in [0.1, 0.15) is 16.7 Å². The first-order chi connectivity index (χ1) is 11.5. The Labute approximate surface area is 142 Å². The van der Waals surface area contributed by atoms with Crippen molar-refractivity contribution in [3.63, 3.8) is 0 Å². The number of carbonyl (C=O) groups excluding carboxylic acids is 1. The van der Waals surface area contributed by atoms with E-state index in [1.54, 1.807) is 18.2 Å². The van der Waals surface area contributed by atoms with E-state index < -0.39 is 17.2 Å². The van der Waals surface area contributed by atoms with E-state index in [2.05, 4.69) is 6.07 Å². The fraction of sp³-hybridized carbons (Fsp3) is 0.111. The number of carbonyl (C=O) groups is 1. The summed E-state index contributed by atoms with van der Waals surface area (Å²) in [5.74, 6) is -1.19. The third-order valence-corrected chi connectivity index (χ3v) is 4.47. The largest absolute Gasteiger partial charge is 0.466 e. The molecule has 0 radical (unpaired) electrons. The van der Waals surface area contributed by atoms with Gasteiger partial charge in [0.25, 0.3) is 0 Å². The molecule has 4 nitrogen and oxygen atoms in total. The summed E-state index contributed by atoms with van der Waals surface area (Å²) >= 11 is 6.33. The van der Waals surface area contributed by atoms with Crippen LogP contribution in [0.25, 0.3) is 5.70 Å². The zero-order chi connectivity index (χ0) is 17.5. The molecule has 0 spiro atoms. The molecular weight excluding hydrogens is 331 g/mol. The topological polar surface area (TPSA) is 76.1 Å². The van der Waals surface area contributed by atoms with Gasteiger partial charge in [0.05, 0.1) is 24.4 Å². The number of hydrogen-bond donors (Lipinski definition) is 1. The van der Waals surface area contributed by atoms with Gasteiger partial charge in [-0.15, -0.1) is 0 Å². The molecule has 1 atom stereocenters. The second-order valence-electron chi connectivity index (χ2n) is 5.31. The quantitative estimate of drug-likeness (QED) is 0.851. The van der Waals surface area contributed by atoms with Crippen molar-refractivity contribution in [3.05, 3.63) is 75.6 Å². The Morgan fingerprint density at radius 3 is 2.54 bits per heavy atom. The van der Waals surface area contributed by atoms with Crippen molar-refractivity contribution in [2.75, 3.05) is 7.11 Å². The van der Waals surface area contributed by atoms with Gasteiger partial charge in [0, 0.05) is 16.1 Å². The highest BCUT2D eigenvalue weighted by Crippen LogP contribution is 2.51. The van der Waals surface area contributed by atoms with Crippen molar-refractivity contribution in [2.24, 2.45) is 5.73 Å². The van der Waals surface area contributed by atoms with Crippen molar-refractivity contribution >= 4 is 23.3 Å². The van der Waals surface area contributed by atoms with Gasteiger partial charge in [0.1, 0.15) is 11.2 Å². The van der Waals surface area contributed by atoms with Gasteiger partial charge in [-0.05, 0) is 23.8 Å². The summed E-state index contributed by atoms with van der Waals surface area (Å²) in [6, 6.07) is 12.4. The van der Waals surface area contributed by atoms with E-state index in [1.165, 1.54) is 31.4 Å². The molecule has 0 saturated heterocycles. The Hall–Kier alpha value is -2.84. The van der Waals surface area contributed by atoms with Crippen LogP contribution in [-0.2, 0) is 14.9 Å². The van der Waals surface area contributed by atoms with Crippen LogP contribution < -0.4 is 5.73 Å². The van der Waals surface area contributed by atoms with Gasteiger partial charge < -0.3 is 10.5 Å². The molecule has 1 aliphatic rings. The Morgan fingerprint density at radius 1 is 1.29 bits per heavy atom. The van der Waals surface area contributed by atoms with E-state index in [1.807, 2.05) is 0 Å². The minimum atomic E-state index is -1.56. The average molecular weight is 343 g/mol. The van der Waals surface area contributed by atoms with Gasteiger partial charge in [0.2, 0.25) is 0 Å². The molecular formula is C18H12ClFN2O2. The maximum absolute atomic E-state index is 13.3. The van der Waals surface area contributed by atoms with Crippen LogP contribution >= 0.6 is 11.6 Å². The van der Waals surface area contributed by atoms with Crippen LogP contribution in [0.2, 0.25) is 5.02 Å². The number of fused-ring (bicyclic) bond motifs is 1. The van der Waals surface area contributed by atoms with Crippen molar-refractivity contribution in [2.45, 2.75) is 5.41 Å². The molecule has 1 unspecified atom stereocenters. The predicted octanol–water partition coefficient (Wildman–Crippen LogP) is 3.15. The second-order valence-corrected chi connectivity index (χ2v) is 5.72. The zero-order valence-electron chi connectivity index (χ0n) is 12.6. The number of hydrogen-bond acceptors (Lipinski definition) is 4. The molecule has 0 amide bonds. The maximum atomic E-state index is 13.3. The summed E-state index contributed by atoms with van der Waals surface area (Å²) in [6.07, 6.45) is 0. The Kier molecular flexibility index (Phi) is 3.78. The monoisotopic (exact) mass is 342 g/mol. The molecule has 2 aromatic rings. The van der Waals surface area contributed by atoms with Crippen molar-refractivity contribution in [1.82, 2.24) is 0 Å². The molecule has 120 valence electrons. The molecule has 1 aliphatic carbocycles. The van der Waals surface area contributed by atoms with Crippen molar-refractivity contribution in [3.8, 4) is 6.07 Å². The van der Waals surface area contributed by atoms with Gasteiger partial charge in [-0.25, -0.2) is 9.18 Å². The summed E-state index contributed by atoms with van der Waals surface area (Å²) in [4.78, 5) is 12.4. The van der Waals surface area contributed by atoms with Gasteiger partial charge in [0.15, 0.2) is 0 Å². The third-order valence-electron chi connectivity index (χ3n) is 4.16. The van der Waals surface area contributed by atoms with Crippen LogP contribution in [0.5, 0.6) is 0 Å². The molecule has 2 aromatic carbocycles. The van der Waals surface area contributed by atoms with Crippen LogP contribution in [0.3, 0.4) is 0 Å². The molecule has 3 rings (SSSR count). The SMILES string of the molecule is COC(=O)C1=C(N)c2cccc(Cl)c2C1(C#N)c1ccc(F)cc1. The van der Waals surface area contributed by atoms with E-state index in [-0.39, 0.29) is 11.3 Å². The number of rotatable bonds is 2. The minimum Gasteiger partial charge on any atom is -0.466 e. The number of nitriles is 1. The molecule has 0 heterocycles. The lowest BCUT2D eigenvalue weighted by Crippen LogP contribution is -2.31. The van der Waals surface area contributed by atoms with Crippen LogP contribution in [0.15, 0.2) is 48.0 Å². The van der Waals surface area contributed by atoms with Crippen molar-refractivity contribution < 1.29 is 13.9 Å². The highest BCUT2D eigenvalue weighted by Gasteiger charge is 2.51. The lowest BCUT2D eigenvalue weighted by molar-refractivity contribution is -0.136. The van der Waals surface area contributed by atoms with Gasteiger partial charge in [-0.1, -0.05) is 35.9 Å². The van der Waals surface area contributed by atoms with E-state index in [0.717, 1.165) is 0 Å². The molecule has 0 aromatic heterocycles. The normalized spacial score (nSPS) is 18.9. The predicted molar refractivity (Wildman–Crippen MR) is 87.4 cm³/mol. The number of nitrogens with two attached hydrogens (primary N) is 1. The highest BCUT2D eigenvalue weighted by atomic mass is 35.5. The number of halogens is 2. The van der Waals surface area contributed by atoms with E-state index in [4.69, 9.17) is 22.1 Å². The third kappa shape index (κ3) is 2.00. The summed E-state index contributed by atoms with van der Waals surface area (Å²) in [7, 11) is 1.21. The van der Waals surface area contributed by atoms with Gasteiger partial charge in [-0.2, -0.15) is 5.26 Å². The molecule has 0 saturated carbocycles. The standard InChI is InChI=1S/C18H12ClFN2O2/c1-24-17(23)15-16(22)12-3-2-4-13(19)14(12)18(15,9-21)10-5-7-11(20)8-6-10/h2-8H,22H2,1H3. The zero-order valence-corrected chi connectivity index (χ0v) is 13.4. The summed E-state index contributed by atoms with van der Waals surface area (Å²) in [5.41, 5.74) is 6.00. The average Bonchev–Trinajstić information content (AvgIpc) is 2.86. The van der Waals surface area contributed by atoms with Gasteiger partial charge in [-0.3, -0.25) is 0 Å². The summed E-state index contributed by atoms with van der Waals surface area (Å²) < 4.78 is 18.2. The van der Waals surface area contributed by atoms with E-state index >= 15 is 0 Å². The van der Waals surface area contributed by atoms with E-state index in [0.29, 0.717) is 21.7 Å². The Bertz CT molecular complexity index is 916. The first-order valence-electron chi connectivity index (χ1n) is 7.02. The molecule has 0 bridgehead atoms. The molecule has 0 aliphatic heterocycles. The lowest BCUT2D eigenvalue weighted by Gasteiger charge is -2.26. The first kappa shape index (κ1) is 16.0. The molecule has 2 N–H and O–H groups in total. The summed E-state index contributed by atoms with van der Waals surface area (Å²) in [5, 5.41) is 10.3. The highest BCUT2D eigenvalue weighted by molar-refractivity contribution is 6.32. The Morgan fingerprint density at radius 2 is 1.96 bits per heavy atom. The molecule has 0 fully saturated rings. The number of methoxy groups -OCH3 is 1. The number of ether oxygens (including phenoxy) is 1. The lowest BCUT2D eigenvalue weighted by atomic mass is 9.72. The Balaban J connectivity index is 2.44. The number of benzene rings is 2.